The van der Waals surface area contributed by atoms with E-state index in [0.29, 0.717) is 6.54 Å². The molecule has 1 aromatic rings. The van der Waals surface area contributed by atoms with Crippen LogP contribution in [0.15, 0.2) is 28.7 Å². The van der Waals surface area contributed by atoms with Crippen molar-refractivity contribution in [1.82, 2.24) is 0 Å². The molecule has 3 N–H and O–H groups in total. The molecule has 3 nitrogen and oxygen atoms in total. The van der Waals surface area contributed by atoms with Crippen molar-refractivity contribution in [3.05, 3.63) is 34.3 Å². The average molecular weight is 272 g/mol. The van der Waals surface area contributed by atoms with E-state index in [1.807, 2.05) is 31.2 Å². The normalized spacial score (nSPS) is 14.6. The molecule has 0 aromatic heterocycles. The zero-order chi connectivity index (χ0) is 11.5. The molecular formula is C11H14BrNO2. The lowest BCUT2D eigenvalue weighted by atomic mass is 9.80. The summed E-state index contributed by atoms with van der Waals surface area (Å²) >= 11 is 3.34. The Kier molecular flexibility index (Phi) is 3.88. The van der Waals surface area contributed by atoms with Crippen molar-refractivity contribution in [3.8, 4) is 0 Å². The summed E-state index contributed by atoms with van der Waals surface area (Å²) in [6, 6.07) is 7.59. The van der Waals surface area contributed by atoms with Gasteiger partial charge in [0.05, 0.1) is 6.42 Å². The lowest BCUT2D eigenvalue weighted by Gasteiger charge is -2.26. The molecule has 4 heteroatoms. The van der Waals surface area contributed by atoms with Crippen molar-refractivity contribution < 1.29 is 9.90 Å². The fourth-order valence-electron chi connectivity index (χ4n) is 1.48. The average Bonchev–Trinajstić information content (AvgIpc) is 2.17. The summed E-state index contributed by atoms with van der Waals surface area (Å²) in [6.07, 6.45) is 0.0468. The zero-order valence-corrected chi connectivity index (χ0v) is 10.1. The third-order valence-corrected chi connectivity index (χ3v) is 3.06. The maximum atomic E-state index is 10.7. The molecular weight excluding hydrogens is 258 g/mol. The fraction of sp³-hybridized carbons (Fsp3) is 0.364. The molecule has 82 valence electrons. The molecule has 0 aliphatic heterocycles. The largest absolute Gasteiger partial charge is 0.481 e. The van der Waals surface area contributed by atoms with E-state index in [0.717, 1.165) is 10.0 Å². The van der Waals surface area contributed by atoms with Crippen LogP contribution in [0.4, 0.5) is 0 Å². The molecule has 1 atom stereocenters. The minimum atomic E-state index is -0.828. The van der Waals surface area contributed by atoms with Crippen molar-refractivity contribution in [2.24, 2.45) is 5.73 Å². The van der Waals surface area contributed by atoms with Gasteiger partial charge in [-0.15, -0.1) is 0 Å². The van der Waals surface area contributed by atoms with E-state index in [1.54, 1.807) is 0 Å². The smallest absolute Gasteiger partial charge is 0.304 e. The summed E-state index contributed by atoms with van der Waals surface area (Å²) in [4.78, 5) is 10.7. The molecule has 0 aliphatic rings. The molecule has 0 fully saturated rings. The van der Waals surface area contributed by atoms with Crippen LogP contribution in [0.5, 0.6) is 0 Å². The second-order valence-corrected chi connectivity index (χ2v) is 4.76. The van der Waals surface area contributed by atoms with Gasteiger partial charge in [0.15, 0.2) is 0 Å². The molecule has 1 rings (SSSR count). The van der Waals surface area contributed by atoms with Crippen molar-refractivity contribution >= 4 is 21.9 Å². The topological polar surface area (TPSA) is 63.3 Å². The highest BCUT2D eigenvalue weighted by molar-refractivity contribution is 9.10. The minimum absolute atomic E-state index is 0.0468. The van der Waals surface area contributed by atoms with Gasteiger partial charge in [0, 0.05) is 16.4 Å². The van der Waals surface area contributed by atoms with Crippen LogP contribution in [0.2, 0.25) is 0 Å². The Morgan fingerprint density at radius 3 is 2.40 bits per heavy atom. The Labute approximate surface area is 97.4 Å². The van der Waals surface area contributed by atoms with Gasteiger partial charge in [-0.1, -0.05) is 35.0 Å². The minimum Gasteiger partial charge on any atom is -0.481 e. The molecule has 1 aromatic carbocycles. The monoisotopic (exact) mass is 271 g/mol. The molecule has 0 saturated heterocycles. The first kappa shape index (κ1) is 12.2. The standard InChI is InChI=1S/C11H14BrNO2/c1-11(7-13,6-10(14)15)8-2-4-9(12)5-3-8/h2-5H,6-7,13H2,1H3,(H,14,15). The fourth-order valence-corrected chi connectivity index (χ4v) is 1.74. The van der Waals surface area contributed by atoms with Gasteiger partial charge in [0.25, 0.3) is 0 Å². The van der Waals surface area contributed by atoms with Crippen LogP contribution < -0.4 is 5.73 Å². The van der Waals surface area contributed by atoms with E-state index in [9.17, 15) is 4.79 Å². The summed E-state index contributed by atoms with van der Waals surface area (Å²) < 4.78 is 0.973. The highest BCUT2D eigenvalue weighted by Crippen LogP contribution is 2.27. The van der Waals surface area contributed by atoms with Gasteiger partial charge in [-0.2, -0.15) is 0 Å². The molecule has 0 heterocycles. The van der Waals surface area contributed by atoms with Gasteiger partial charge in [-0.05, 0) is 17.7 Å². The second kappa shape index (κ2) is 4.77. The van der Waals surface area contributed by atoms with Crippen molar-refractivity contribution in [3.63, 3.8) is 0 Å². The zero-order valence-electron chi connectivity index (χ0n) is 8.53. The number of hydrogen-bond donors (Lipinski definition) is 2. The second-order valence-electron chi connectivity index (χ2n) is 3.84. The SMILES string of the molecule is CC(CN)(CC(=O)O)c1ccc(Br)cc1. The van der Waals surface area contributed by atoms with Crippen LogP contribution in [-0.4, -0.2) is 17.6 Å². The summed E-state index contributed by atoms with van der Waals surface area (Å²) in [5, 5.41) is 8.83. The number of aliphatic carboxylic acids is 1. The van der Waals surface area contributed by atoms with Crippen molar-refractivity contribution in [2.75, 3.05) is 6.54 Å². The molecule has 0 aliphatic carbocycles. The predicted molar refractivity (Wildman–Crippen MR) is 62.8 cm³/mol. The third kappa shape index (κ3) is 3.04. The number of benzene rings is 1. The van der Waals surface area contributed by atoms with Gasteiger partial charge < -0.3 is 10.8 Å². The quantitative estimate of drug-likeness (QED) is 0.882. The highest BCUT2D eigenvalue weighted by Gasteiger charge is 2.27. The maximum Gasteiger partial charge on any atom is 0.304 e. The molecule has 0 saturated carbocycles. The van der Waals surface area contributed by atoms with E-state index < -0.39 is 11.4 Å². The number of carbonyl (C=O) groups is 1. The van der Waals surface area contributed by atoms with Gasteiger partial charge in [0.2, 0.25) is 0 Å². The predicted octanol–water partition coefficient (Wildman–Crippen LogP) is 2.14. The lowest BCUT2D eigenvalue weighted by Crippen LogP contribution is -2.34. The van der Waals surface area contributed by atoms with Gasteiger partial charge in [-0.25, -0.2) is 0 Å². The van der Waals surface area contributed by atoms with Crippen LogP contribution in [-0.2, 0) is 10.2 Å². The van der Waals surface area contributed by atoms with E-state index in [1.165, 1.54) is 0 Å². The molecule has 15 heavy (non-hydrogen) atoms. The Morgan fingerprint density at radius 1 is 1.47 bits per heavy atom. The molecule has 1 unspecified atom stereocenters. The summed E-state index contributed by atoms with van der Waals surface area (Å²) in [6.45, 7) is 2.19. The first-order valence-corrected chi connectivity index (χ1v) is 5.45. The van der Waals surface area contributed by atoms with Crippen LogP contribution in [0, 0.1) is 0 Å². The van der Waals surface area contributed by atoms with E-state index >= 15 is 0 Å². The van der Waals surface area contributed by atoms with Crippen molar-refractivity contribution in [1.29, 1.82) is 0 Å². The number of rotatable bonds is 4. The highest BCUT2D eigenvalue weighted by atomic mass is 79.9. The van der Waals surface area contributed by atoms with E-state index in [2.05, 4.69) is 15.9 Å². The number of nitrogens with two attached hydrogens (primary N) is 1. The molecule has 0 spiro atoms. The third-order valence-electron chi connectivity index (χ3n) is 2.53. The van der Waals surface area contributed by atoms with E-state index in [-0.39, 0.29) is 6.42 Å². The number of carboxylic acid groups (broad SMARTS) is 1. The Morgan fingerprint density at radius 2 is 2.00 bits per heavy atom. The maximum absolute atomic E-state index is 10.7. The number of halogens is 1. The van der Waals surface area contributed by atoms with E-state index in [4.69, 9.17) is 10.8 Å². The molecule has 0 bridgehead atoms. The Bertz CT molecular complexity index is 350. The lowest BCUT2D eigenvalue weighted by molar-refractivity contribution is -0.138. The Balaban J connectivity index is 3.00. The first-order chi connectivity index (χ1) is 6.98. The number of hydrogen-bond acceptors (Lipinski definition) is 2. The van der Waals surface area contributed by atoms with Crippen LogP contribution in [0.3, 0.4) is 0 Å². The van der Waals surface area contributed by atoms with Gasteiger partial charge >= 0.3 is 5.97 Å². The molecule has 0 amide bonds. The first-order valence-electron chi connectivity index (χ1n) is 4.66. The van der Waals surface area contributed by atoms with Crippen LogP contribution in [0.1, 0.15) is 18.9 Å². The summed E-state index contributed by atoms with van der Waals surface area (Å²) in [7, 11) is 0. The van der Waals surface area contributed by atoms with Crippen LogP contribution >= 0.6 is 15.9 Å². The summed E-state index contributed by atoms with van der Waals surface area (Å²) in [5.41, 5.74) is 6.11. The van der Waals surface area contributed by atoms with Crippen molar-refractivity contribution in [2.45, 2.75) is 18.8 Å². The Hall–Kier alpha value is -0.870. The van der Waals surface area contributed by atoms with Gasteiger partial charge in [-0.3, -0.25) is 4.79 Å². The molecule has 0 radical (unpaired) electrons. The summed E-state index contributed by atoms with van der Waals surface area (Å²) in [5.74, 6) is -0.828. The van der Waals surface area contributed by atoms with Crippen LogP contribution in [0.25, 0.3) is 0 Å². The number of carboxylic acids is 1. The van der Waals surface area contributed by atoms with Gasteiger partial charge in [0.1, 0.15) is 0 Å².